The molecule has 0 aromatic heterocycles. The Morgan fingerprint density at radius 3 is 2.50 bits per heavy atom. The number of rotatable bonds is 4. The predicted molar refractivity (Wildman–Crippen MR) is 95.4 cm³/mol. The topological polar surface area (TPSA) is 80.8 Å². The molecule has 1 aliphatic heterocycles. The summed E-state index contributed by atoms with van der Waals surface area (Å²) in [6.07, 6.45) is -1.15. The number of aryl methyl sites for hydroxylation is 1. The Balaban J connectivity index is 1.82. The lowest BCUT2D eigenvalue weighted by molar-refractivity contribution is -0.127. The number of fused-ring (bicyclic) bond motifs is 1. The van der Waals surface area contributed by atoms with Crippen molar-refractivity contribution in [1.82, 2.24) is 4.31 Å². The predicted octanol–water partition coefficient (Wildman–Crippen LogP) is 3.10. The van der Waals surface area contributed by atoms with Gasteiger partial charge in [0.15, 0.2) is 0 Å². The third kappa shape index (κ3) is 3.20. The average Bonchev–Trinajstić information content (AvgIpc) is 2.91. The fraction of sp³-hybridized carbons (Fsp3) is 0.222. The molecule has 6 nitrogen and oxygen atoms in total. The molecule has 0 saturated carbocycles. The third-order valence-corrected chi connectivity index (χ3v) is 6.34. The van der Waals surface area contributed by atoms with E-state index in [0.717, 1.165) is 5.56 Å². The van der Waals surface area contributed by atoms with Crippen molar-refractivity contribution in [3.05, 3.63) is 64.2 Å². The molecule has 0 aliphatic carbocycles. The summed E-state index contributed by atoms with van der Waals surface area (Å²) in [5.41, 5.74) is 1.61. The zero-order valence-corrected chi connectivity index (χ0v) is 15.7. The van der Waals surface area contributed by atoms with Crippen LogP contribution in [-0.2, 0) is 19.6 Å². The van der Waals surface area contributed by atoms with Crippen molar-refractivity contribution in [2.75, 3.05) is 7.05 Å². The smallest absolute Gasteiger partial charge is 0.340 e. The first-order valence-electron chi connectivity index (χ1n) is 7.79. The lowest BCUT2D eigenvalue weighted by Gasteiger charge is -2.19. The van der Waals surface area contributed by atoms with Crippen molar-refractivity contribution in [2.24, 2.45) is 0 Å². The van der Waals surface area contributed by atoms with Crippen LogP contribution >= 0.6 is 11.6 Å². The van der Waals surface area contributed by atoms with E-state index in [1.54, 1.807) is 30.3 Å². The van der Waals surface area contributed by atoms with Crippen LogP contribution in [0.15, 0.2) is 47.4 Å². The fourth-order valence-corrected chi connectivity index (χ4v) is 4.12. The summed E-state index contributed by atoms with van der Waals surface area (Å²) in [7, 11) is -2.79. The normalized spacial score (nSPS) is 16.1. The van der Waals surface area contributed by atoms with Crippen LogP contribution in [0.2, 0.25) is 5.02 Å². The van der Waals surface area contributed by atoms with Crippen LogP contribution in [0.25, 0.3) is 0 Å². The molecular weight excluding hydrogens is 378 g/mol. The van der Waals surface area contributed by atoms with Gasteiger partial charge in [-0.1, -0.05) is 41.4 Å². The molecule has 0 fully saturated rings. The molecule has 2 aromatic carbocycles. The van der Waals surface area contributed by atoms with Crippen LogP contribution in [0.5, 0.6) is 0 Å². The van der Waals surface area contributed by atoms with E-state index in [1.807, 2.05) is 6.92 Å². The molecule has 0 radical (unpaired) electrons. The number of carbonyl (C=O) groups excluding carboxylic acids is 2. The molecule has 1 heterocycles. The number of halogens is 1. The van der Waals surface area contributed by atoms with Crippen molar-refractivity contribution in [3.63, 3.8) is 0 Å². The van der Waals surface area contributed by atoms with Crippen LogP contribution in [0.4, 0.5) is 0 Å². The van der Waals surface area contributed by atoms with Crippen molar-refractivity contribution in [2.45, 2.75) is 24.3 Å². The summed E-state index contributed by atoms with van der Waals surface area (Å²) in [5.74, 6) is -1.30. The number of hydrogen-bond donors (Lipinski definition) is 0. The monoisotopic (exact) mass is 393 g/mol. The second-order valence-electron chi connectivity index (χ2n) is 5.98. The maximum atomic E-state index is 12.6. The number of ether oxygens (including phenoxy) is 1. The van der Waals surface area contributed by atoms with Gasteiger partial charge in [0.2, 0.25) is 5.91 Å². The molecule has 3 rings (SSSR count). The van der Waals surface area contributed by atoms with E-state index in [0.29, 0.717) is 9.87 Å². The number of sulfonamides is 1. The molecule has 8 heteroatoms. The SMILES string of the molecule is Cc1ccc(S(=O)(=O)N(C)C(=O)CC2OC(=O)c3c(Cl)cccc32)cc1. The molecule has 0 bridgehead atoms. The van der Waals surface area contributed by atoms with Crippen LogP contribution in [0.3, 0.4) is 0 Å². The van der Waals surface area contributed by atoms with Gasteiger partial charge in [-0.3, -0.25) is 4.79 Å². The van der Waals surface area contributed by atoms with Gasteiger partial charge < -0.3 is 4.74 Å². The Bertz CT molecular complexity index is 985. The van der Waals surface area contributed by atoms with Crippen molar-refractivity contribution < 1.29 is 22.7 Å². The average molecular weight is 394 g/mol. The Morgan fingerprint density at radius 2 is 1.85 bits per heavy atom. The van der Waals surface area contributed by atoms with E-state index in [1.165, 1.54) is 19.2 Å². The minimum Gasteiger partial charge on any atom is -0.453 e. The highest BCUT2D eigenvalue weighted by Crippen LogP contribution is 2.37. The quantitative estimate of drug-likeness (QED) is 0.745. The lowest BCUT2D eigenvalue weighted by Crippen LogP contribution is -2.34. The molecule has 1 aliphatic rings. The Morgan fingerprint density at radius 1 is 1.19 bits per heavy atom. The van der Waals surface area contributed by atoms with E-state index >= 15 is 0 Å². The summed E-state index contributed by atoms with van der Waals surface area (Å²) < 4.78 is 31.1. The summed E-state index contributed by atoms with van der Waals surface area (Å²) in [6, 6.07) is 11.0. The summed E-state index contributed by atoms with van der Waals surface area (Å²) >= 11 is 6.00. The largest absolute Gasteiger partial charge is 0.453 e. The van der Waals surface area contributed by atoms with E-state index in [-0.39, 0.29) is 21.9 Å². The van der Waals surface area contributed by atoms with Gasteiger partial charge in [-0.05, 0) is 25.1 Å². The molecule has 0 saturated heterocycles. The fourth-order valence-electron chi connectivity index (χ4n) is 2.72. The number of esters is 1. The van der Waals surface area contributed by atoms with Gasteiger partial charge in [0.05, 0.1) is 21.9 Å². The highest BCUT2D eigenvalue weighted by atomic mass is 35.5. The molecule has 136 valence electrons. The van der Waals surface area contributed by atoms with E-state index in [4.69, 9.17) is 16.3 Å². The van der Waals surface area contributed by atoms with Gasteiger partial charge in [0, 0.05) is 12.6 Å². The van der Waals surface area contributed by atoms with Gasteiger partial charge in [-0.2, -0.15) is 0 Å². The number of nitrogens with zero attached hydrogens (tertiary/aromatic N) is 1. The van der Waals surface area contributed by atoms with E-state index in [2.05, 4.69) is 0 Å². The Hall–Kier alpha value is -2.38. The molecule has 0 spiro atoms. The van der Waals surface area contributed by atoms with Crippen LogP contribution in [-0.4, -0.2) is 31.6 Å². The van der Waals surface area contributed by atoms with Crippen molar-refractivity contribution in [1.29, 1.82) is 0 Å². The maximum absolute atomic E-state index is 12.6. The van der Waals surface area contributed by atoms with Crippen LogP contribution < -0.4 is 0 Å². The summed E-state index contributed by atoms with van der Waals surface area (Å²) in [6.45, 7) is 1.84. The van der Waals surface area contributed by atoms with Gasteiger partial charge in [-0.25, -0.2) is 17.5 Å². The van der Waals surface area contributed by atoms with Crippen molar-refractivity contribution in [3.8, 4) is 0 Å². The number of cyclic esters (lactones) is 1. The third-order valence-electron chi connectivity index (χ3n) is 4.24. The minimum atomic E-state index is -3.98. The lowest BCUT2D eigenvalue weighted by atomic mass is 10.0. The highest BCUT2D eigenvalue weighted by molar-refractivity contribution is 7.89. The van der Waals surface area contributed by atoms with Crippen LogP contribution in [0.1, 0.15) is 34.0 Å². The first kappa shape index (κ1) is 18.4. The molecule has 26 heavy (non-hydrogen) atoms. The first-order chi connectivity index (χ1) is 12.2. The first-order valence-corrected chi connectivity index (χ1v) is 9.61. The Kier molecular flexibility index (Phi) is 4.77. The summed E-state index contributed by atoms with van der Waals surface area (Å²) in [5, 5.41) is 0.239. The second-order valence-corrected chi connectivity index (χ2v) is 8.36. The molecule has 1 amide bonds. The molecule has 1 unspecified atom stereocenters. The molecule has 0 N–H and O–H groups in total. The highest BCUT2D eigenvalue weighted by Gasteiger charge is 2.36. The van der Waals surface area contributed by atoms with Crippen LogP contribution in [0, 0.1) is 6.92 Å². The van der Waals surface area contributed by atoms with E-state index < -0.39 is 28.0 Å². The Labute approximate surface area is 156 Å². The molecule has 1 atom stereocenters. The van der Waals surface area contributed by atoms with Gasteiger partial charge in [0.1, 0.15) is 6.10 Å². The van der Waals surface area contributed by atoms with Gasteiger partial charge >= 0.3 is 5.97 Å². The second kappa shape index (κ2) is 6.74. The molecule has 2 aromatic rings. The number of carbonyl (C=O) groups is 2. The molecular formula is C18H16ClNO5S. The van der Waals surface area contributed by atoms with Gasteiger partial charge in [-0.15, -0.1) is 0 Å². The number of benzene rings is 2. The standard InChI is InChI=1S/C18H16ClNO5S/c1-11-6-8-12(9-7-11)26(23,24)20(2)16(21)10-15-13-4-3-5-14(19)17(13)18(22)25-15/h3-9,15H,10H2,1-2H3. The van der Waals surface area contributed by atoms with Crippen molar-refractivity contribution >= 4 is 33.5 Å². The zero-order chi connectivity index (χ0) is 19.1. The maximum Gasteiger partial charge on any atom is 0.340 e. The number of hydrogen-bond acceptors (Lipinski definition) is 5. The number of amides is 1. The summed E-state index contributed by atoms with van der Waals surface area (Å²) in [4.78, 5) is 24.5. The zero-order valence-electron chi connectivity index (χ0n) is 14.1. The minimum absolute atomic E-state index is 0.0193. The van der Waals surface area contributed by atoms with E-state index in [9.17, 15) is 18.0 Å². The van der Waals surface area contributed by atoms with Gasteiger partial charge in [0.25, 0.3) is 10.0 Å².